The number of ether oxygens (including phenoxy) is 1. The molecular formula is C12H16O4. The molecule has 0 spiro atoms. The minimum Gasteiger partial charge on any atom is -0.507 e. The zero-order valence-corrected chi connectivity index (χ0v) is 9.27. The van der Waals surface area contributed by atoms with Gasteiger partial charge in [-0.1, -0.05) is 25.8 Å². The monoisotopic (exact) mass is 224 g/mol. The van der Waals surface area contributed by atoms with Crippen LogP contribution in [0.2, 0.25) is 0 Å². The number of unbranched alkanes of at least 4 members (excludes halogenated alkanes) is 2. The Kier molecular flexibility index (Phi) is 4.64. The topological polar surface area (TPSA) is 66.8 Å². The number of hydrogen-bond donors (Lipinski definition) is 2. The summed E-state index contributed by atoms with van der Waals surface area (Å²) in [6.07, 6.45) is 3.00. The molecule has 0 saturated carbocycles. The fourth-order valence-corrected chi connectivity index (χ4v) is 1.39. The van der Waals surface area contributed by atoms with E-state index in [0.29, 0.717) is 6.61 Å². The third-order valence-corrected chi connectivity index (χ3v) is 2.22. The van der Waals surface area contributed by atoms with Crippen LogP contribution < -0.4 is 4.74 Å². The minimum atomic E-state index is -1.18. The quantitative estimate of drug-likeness (QED) is 0.729. The van der Waals surface area contributed by atoms with Crippen LogP contribution in [0.3, 0.4) is 0 Å². The molecule has 16 heavy (non-hydrogen) atoms. The molecule has 4 nitrogen and oxygen atoms in total. The summed E-state index contributed by atoms with van der Waals surface area (Å²) < 4.78 is 5.34. The molecule has 0 aliphatic carbocycles. The highest BCUT2D eigenvalue weighted by Gasteiger charge is 2.15. The molecule has 0 fully saturated rings. The van der Waals surface area contributed by atoms with Crippen molar-refractivity contribution in [3.63, 3.8) is 0 Å². The molecule has 0 saturated heterocycles. The molecule has 1 rings (SSSR count). The molecule has 4 heteroatoms. The molecule has 1 aromatic carbocycles. The van der Waals surface area contributed by atoms with E-state index in [2.05, 4.69) is 6.92 Å². The van der Waals surface area contributed by atoms with Crippen LogP contribution in [0.25, 0.3) is 0 Å². The number of benzene rings is 1. The van der Waals surface area contributed by atoms with E-state index >= 15 is 0 Å². The zero-order valence-electron chi connectivity index (χ0n) is 9.27. The maximum absolute atomic E-state index is 10.9. The minimum absolute atomic E-state index is 0.168. The first-order valence-corrected chi connectivity index (χ1v) is 5.35. The Hall–Kier alpha value is -1.71. The molecule has 88 valence electrons. The molecule has 1 aromatic rings. The Morgan fingerprint density at radius 3 is 2.75 bits per heavy atom. The summed E-state index contributed by atoms with van der Waals surface area (Å²) in [5.74, 6) is -1.22. The largest absolute Gasteiger partial charge is 0.507 e. The van der Waals surface area contributed by atoms with Crippen molar-refractivity contribution in [1.82, 2.24) is 0 Å². The predicted molar refractivity (Wildman–Crippen MR) is 60.1 cm³/mol. The van der Waals surface area contributed by atoms with Crippen LogP contribution in [-0.4, -0.2) is 22.8 Å². The predicted octanol–water partition coefficient (Wildman–Crippen LogP) is 2.66. The van der Waals surface area contributed by atoms with Crippen LogP contribution in [0.4, 0.5) is 0 Å². The Bertz CT molecular complexity index is 360. The van der Waals surface area contributed by atoms with Crippen molar-refractivity contribution in [2.24, 2.45) is 0 Å². The van der Waals surface area contributed by atoms with Gasteiger partial charge in [0.1, 0.15) is 17.1 Å². The lowest BCUT2D eigenvalue weighted by molar-refractivity contribution is 0.0688. The lowest BCUT2D eigenvalue weighted by Crippen LogP contribution is -2.04. The third kappa shape index (κ3) is 3.15. The second kappa shape index (κ2) is 6.00. The van der Waals surface area contributed by atoms with Gasteiger partial charge in [-0.25, -0.2) is 4.79 Å². The van der Waals surface area contributed by atoms with Gasteiger partial charge in [0.25, 0.3) is 0 Å². The number of phenols is 1. The standard InChI is InChI=1S/C12H16O4/c1-2-3-4-8-16-10-7-5-6-9(13)11(10)12(14)15/h5-7,13H,2-4,8H2,1H3,(H,14,15). The van der Waals surface area contributed by atoms with Gasteiger partial charge in [0, 0.05) is 0 Å². The molecule has 0 unspecified atom stereocenters. The number of hydrogen-bond acceptors (Lipinski definition) is 3. The first-order chi connectivity index (χ1) is 7.66. The average Bonchev–Trinajstić information content (AvgIpc) is 2.24. The molecule has 0 heterocycles. The van der Waals surface area contributed by atoms with Crippen LogP contribution in [-0.2, 0) is 0 Å². The average molecular weight is 224 g/mol. The molecule has 2 N–H and O–H groups in total. The van der Waals surface area contributed by atoms with Crippen molar-refractivity contribution in [2.75, 3.05) is 6.61 Å². The van der Waals surface area contributed by atoms with E-state index in [-0.39, 0.29) is 17.1 Å². The summed E-state index contributed by atoms with van der Waals surface area (Å²) in [6.45, 7) is 2.55. The van der Waals surface area contributed by atoms with E-state index < -0.39 is 5.97 Å². The highest BCUT2D eigenvalue weighted by Crippen LogP contribution is 2.27. The lowest BCUT2D eigenvalue weighted by atomic mass is 10.2. The summed E-state index contributed by atoms with van der Waals surface area (Å²) in [5, 5.41) is 18.3. The number of rotatable bonds is 6. The van der Waals surface area contributed by atoms with Gasteiger partial charge in [0.05, 0.1) is 6.61 Å². The number of carbonyl (C=O) groups is 1. The molecule has 0 aromatic heterocycles. The van der Waals surface area contributed by atoms with Gasteiger partial charge in [-0.15, -0.1) is 0 Å². The van der Waals surface area contributed by atoms with E-state index in [0.717, 1.165) is 19.3 Å². The fraction of sp³-hybridized carbons (Fsp3) is 0.417. The summed E-state index contributed by atoms with van der Waals surface area (Å²) in [4.78, 5) is 10.9. The maximum Gasteiger partial charge on any atom is 0.343 e. The van der Waals surface area contributed by atoms with Gasteiger partial charge in [-0.05, 0) is 18.6 Å². The van der Waals surface area contributed by atoms with Crippen LogP contribution in [0.15, 0.2) is 18.2 Å². The second-order valence-corrected chi connectivity index (χ2v) is 3.51. The molecule has 0 aliphatic rings. The van der Waals surface area contributed by atoms with Crippen LogP contribution in [0.5, 0.6) is 11.5 Å². The van der Waals surface area contributed by atoms with Crippen LogP contribution >= 0.6 is 0 Å². The van der Waals surface area contributed by atoms with Crippen LogP contribution in [0, 0.1) is 0 Å². The summed E-state index contributed by atoms with van der Waals surface area (Å²) in [5.41, 5.74) is -0.168. The molecule has 0 aliphatic heterocycles. The Labute approximate surface area is 94.5 Å². The van der Waals surface area contributed by atoms with Crippen molar-refractivity contribution in [2.45, 2.75) is 26.2 Å². The van der Waals surface area contributed by atoms with Crippen molar-refractivity contribution >= 4 is 5.97 Å². The number of aromatic carboxylic acids is 1. The smallest absolute Gasteiger partial charge is 0.343 e. The maximum atomic E-state index is 10.9. The van der Waals surface area contributed by atoms with Crippen LogP contribution in [0.1, 0.15) is 36.5 Å². The Balaban J connectivity index is 2.71. The van der Waals surface area contributed by atoms with E-state index in [9.17, 15) is 9.90 Å². The molecule has 0 radical (unpaired) electrons. The van der Waals surface area contributed by atoms with Gasteiger partial charge in [0.15, 0.2) is 0 Å². The van der Waals surface area contributed by atoms with Gasteiger partial charge >= 0.3 is 5.97 Å². The van der Waals surface area contributed by atoms with E-state index in [1.807, 2.05) is 0 Å². The van der Waals surface area contributed by atoms with E-state index in [1.54, 1.807) is 12.1 Å². The normalized spacial score (nSPS) is 10.1. The third-order valence-electron chi connectivity index (χ3n) is 2.22. The van der Waals surface area contributed by atoms with E-state index in [1.165, 1.54) is 6.07 Å². The first kappa shape index (κ1) is 12.4. The fourth-order valence-electron chi connectivity index (χ4n) is 1.39. The number of carboxylic acids is 1. The first-order valence-electron chi connectivity index (χ1n) is 5.35. The van der Waals surface area contributed by atoms with Gasteiger partial charge in [0.2, 0.25) is 0 Å². The Morgan fingerprint density at radius 2 is 2.12 bits per heavy atom. The van der Waals surface area contributed by atoms with Gasteiger partial charge in [-0.2, -0.15) is 0 Å². The Morgan fingerprint density at radius 1 is 1.38 bits per heavy atom. The number of carboxylic acid groups (broad SMARTS) is 1. The highest BCUT2D eigenvalue weighted by atomic mass is 16.5. The summed E-state index contributed by atoms with van der Waals surface area (Å²) >= 11 is 0. The summed E-state index contributed by atoms with van der Waals surface area (Å²) in [6, 6.07) is 4.45. The van der Waals surface area contributed by atoms with Crippen molar-refractivity contribution in [3.05, 3.63) is 23.8 Å². The van der Waals surface area contributed by atoms with Crippen molar-refractivity contribution in [1.29, 1.82) is 0 Å². The van der Waals surface area contributed by atoms with Gasteiger partial charge in [-0.3, -0.25) is 0 Å². The molecule has 0 bridgehead atoms. The molecular weight excluding hydrogens is 208 g/mol. The molecule has 0 amide bonds. The van der Waals surface area contributed by atoms with Crippen molar-refractivity contribution < 1.29 is 19.7 Å². The lowest BCUT2D eigenvalue weighted by Gasteiger charge is -2.09. The second-order valence-electron chi connectivity index (χ2n) is 3.51. The SMILES string of the molecule is CCCCCOc1cccc(O)c1C(=O)O. The highest BCUT2D eigenvalue weighted by molar-refractivity contribution is 5.93. The molecule has 0 atom stereocenters. The van der Waals surface area contributed by atoms with Crippen molar-refractivity contribution in [3.8, 4) is 11.5 Å². The van der Waals surface area contributed by atoms with Gasteiger partial charge < -0.3 is 14.9 Å². The number of aromatic hydroxyl groups is 1. The summed E-state index contributed by atoms with van der Waals surface area (Å²) in [7, 11) is 0. The zero-order chi connectivity index (χ0) is 12.0. The van der Waals surface area contributed by atoms with E-state index in [4.69, 9.17) is 9.84 Å².